The van der Waals surface area contributed by atoms with E-state index in [1.165, 1.54) is 96.3 Å². The zero-order chi connectivity index (χ0) is 38.6. The summed E-state index contributed by atoms with van der Waals surface area (Å²) >= 11 is 0. The van der Waals surface area contributed by atoms with Crippen molar-refractivity contribution in [1.82, 2.24) is 0 Å². The van der Waals surface area contributed by atoms with E-state index < -0.39 is 26.5 Å². The highest BCUT2D eigenvalue weighted by Gasteiger charge is 2.27. The third kappa shape index (κ3) is 38.2. The van der Waals surface area contributed by atoms with Crippen molar-refractivity contribution >= 4 is 19.8 Å². The van der Waals surface area contributed by atoms with Crippen LogP contribution in [0.1, 0.15) is 181 Å². The summed E-state index contributed by atoms with van der Waals surface area (Å²) in [5, 5.41) is 0. The molecule has 52 heavy (non-hydrogen) atoms. The van der Waals surface area contributed by atoms with Crippen LogP contribution in [0.5, 0.6) is 0 Å². The van der Waals surface area contributed by atoms with Crippen LogP contribution in [0, 0.1) is 0 Å². The number of phosphoric acid groups is 1. The summed E-state index contributed by atoms with van der Waals surface area (Å²) in [6.45, 7) is 4.37. The predicted octanol–water partition coefficient (Wildman–Crippen LogP) is 11.6. The number of ether oxygens (including phenoxy) is 2. The van der Waals surface area contributed by atoms with Crippen LogP contribution < -0.4 is 0 Å². The first kappa shape index (κ1) is 50.5. The molecule has 0 fully saturated rings. The molecule has 0 rings (SSSR count). The monoisotopic (exact) mass is 759 g/mol. The molecule has 0 saturated carbocycles. The molecule has 0 aliphatic rings. The second-order valence-corrected chi connectivity index (χ2v) is 16.9. The highest BCUT2D eigenvalue weighted by molar-refractivity contribution is 7.47. The van der Waals surface area contributed by atoms with E-state index in [1.807, 2.05) is 21.1 Å². The number of rotatable bonds is 38. The Hall–Kier alpha value is -1.51. The lowest BCUT2D eigenvalue weighted by Gasteiger charge is -2.24. The largest absolute Gasteiger partial charge is 0.472 e. The normalized spacial score (nSPS) is 13.9. The van der Waals surface area contributed by atoms with Crippen molar-refractivity contribution in [3.05, 3.63) is 24.3 Å². The van der Waals surface area contributed by atoms with Crippen molar-refractivity contribution in [3.63, 3.8) is 0 Å². The second kappa shape index (κ2) is 35.2. The van der Waals surface area contributed by atoms with Crippen molar-refractivity contribution in [3.8, 4) is 0 Å². The Kier molecular flexibility index (Phi) is 34.2. The molecule has 1 unspecified atom stereocenters. The Bertz CT molecular complexity index is 949. The maximum absolute atomic E-state index is 12.7. The highest BCUT2D eigenvalue weighted by Crippen LogP contribution is 2.43. The SMILES string of the molecule is CCCC/C=C\C=C/CCCCCCCCCC(=O)O[C@H](COC(=O)CCCCCCCCCCCCCCC)COP(=O)(O)OCC[N+](C)(C)C. The minimum absolute atomic E-state index is 0.0314. The van der Waals surface area contributed by atoms with Crippen LogP contribution in [0.2, 0.25) is 0 Å². The zero-order valence-electron chi connectivity index (χ0n) is 34.3. The average Bonchev–Trinajstić information content (AvgIpc) is 3.09. The predicted molar refractivity (Wildman–Crippen MR) is 215 cm³/mol. The number of esters is 2. The molecule has 0 spiro atoms. The van der Waals surface area contributed by atoms with Gasteiger partial charge < -0.3 is 18.9 Å². The number of unbranched alkanes of at least 4 members (excludes halogenated alkanes) is 21. The van der Waals surface area contributed by atoms with Gasteiger partial charge in [0.15, 0.2) is 6.10 Å². The molecule has 0 aliphatic heterocycles. The maximum atomic E-state index is 12.7. The van der Waals surface area contributed by atoms with E-state index in [4.69, 9.17) is 18.5 Å². The Morgan fingerprint density at radius 1 is 0.596 bits per heavy atom. The molecule has 0 saturated heterocycles. The zero-order valence-corrected chi connectivity index (χ0v) is 35.2. The fraction of sp³-hybridized carbons (Fsp3) is 0.857. The van der Waals surface area contributed by atoms with Gasteiger partial charge in [-0.25, -0.2) is 4.57 Å². The third-order valence-corrected chi connectivity index (χ3v) is 10.00. The molecular formula is C42H81NO8P+. The molecular weight excluding hydrogens is 677 g/mol. The van der Waals surface area contributed by atoms with Crippen LogP contribution in [0.25, 0.3) is 0 Å². The first-order valence-electron chi connectivity index (χ1n) is 21.1. The van der Waals surface area contributed by atoms with Crippen LogP contribution in [0.4, 0.5) is 0 Å². The van der Waals surface area contributed by atoms with E-state index in [0.29, 0.717) is 23.9 Å². The lowest BCUT2D eigenvalue weighted by atomic mass is 10.0. The van der Waals surface area contributed by atoms with Crippen LogP contribution >= 0.6 is 7.82 Å². The van der Waals surface area contributed by atoms with Crippen molar-refractivity contribution in [2.24, 2.45) is 0 Å². The molecule has 0 heterocycles. The van der Waals surface area contributed by atoms with Crippen molar-refractivity contribution in [2.45, 2.75) is 187 Å². The Labute approximate surface area is 319 Å². The minimum Gasteiger partial charge on any atom is -0.462 e. The quantitative estimate of drug-likeness (QED) is 0.0218. The summed E-state index contributed by atoms with van der Waals surface area (Å²) in [7, 11) is 1.47. The molecule has 0 bridgehead atoms. The summed E-state index contributed by atoms with van der Waals surface area (Å²) in [5.41, 5.74) is 0. The fourth-order valence-electron chi connectivity index (χ4n) is 5.64. The molecule has 0 aliphatic carbocycles. The fourth-order valence-corrected chi connectivity index (χ4v) is 6.38. The summed E-state index contributed by atoms with van der Waals surface area (Å²) in [6, 6.07) is 0. The number of carbonyl (C=O) groups is 2. The van der Waals surface area contributed by atoms with Gasteiger partial charge in [0.2, 0.25) is 0 Å². The van der Waals surface area contributed by atoms with Crippen LogP contribution in [0.15, 0.2) is 24.3 Å². The van der Waals surface area contributed by atoms with E-state index in [2.05, 4.69) is 38.2 Å². The number of allylic oxidation sites excluding steroid dienone is 4. The molecule has 10 heteroatoms. The second-order valence-electron chi connectivity index (χ2n) is 15.4. The number of hydrogen-bond donors (Lipinski definition) is 1. The number of hydrogen-bond acceptors (Lipinski definition) is 7. The molecule has 0 radical (unpaired) electrons. The summed E-state index contributed by atoms with van der Waals surface area (Å²) in [6.07, 6.45) is 36.4. The van der Waals surface area contributed by atoms with Crippen molar-refractivity contribution < 1.29 is 42.1 Å². The van der Waals surface area contributed by atoms with E-state index in [1.54, 1.807) is 0 Å². The van der Waals surface area contributed by atoms with Crippen molar-refractivity contribution in [1.29, 1.82) is 0 Å². The van der Waals surface area contributed by atoms with Gasteiger partial charge in [-0.05, 0) is 32.1 Å². The van der Waals surface area contributed by atoms with Gasteiger partial charge in [0.05, 0.1) is 27.7 Å². The first-order chi connectivity index (χ1) is 25.0. The molecule has 9 nitrogen and oxygen atoms in total. The summed E-state index contributed by atoms with van der Waals surface area (Å²) in [5.74, 6) is -0.804. The molecule has 0 aromatic carbocycles. The lowest BCUT2D eigenvalue weighted by Crippen LogP contribution is -2.37. The standard InChI is InChI=1S/C42H80NO8P/c1-6-8-10-12-14-16-18-20-21-23-25-27-29-31-33-35-42(45)51-40(39-50-52(46,47)49-37-36-43(3,4)5)38-48-41(44)34-32-30-28-26-24-22-19-17-15-13-11-9-7-2/h12,14,16,18,40H,6-11,13,15,17,19-39H2,1-5H3/p+1/b14-12-,18-16-/t40-/m1/s1. The smallest absolute Gasteiger partial charge is 0.462 e. The number of phosphoric ester groups is 1. The van der Waals surface area contributed by atoms with Crippen LogP contribution in [-0.4, -0.2) is 74.9 Å². The van der Waals surface area contributed by atoms with Gasteiger partial charge in [-0.2, -0.15) is 0 Å². The molecule has 1 N–H and O–H groups in total. The van der Waals surface area contributed by atoms with E-state index in [-0.39, 0.29) is 25.6 Å². The Morgan fingerprint density at radius 2 is 1.04 bits per heavy atom. The van der Waals surface area contributed by atoms with Crippen LogP contribution in [0.3, 0.4) is 0 Å². The van der Waals surface area contributed by atoms with Gasteiger partial charge in [-0.1, -0.05) is 160 Å². The van der Waals surface area contributed by atoms with E-state index in [9.17, 15) is 19.0 Å². The van der Waals surface area contributed by atoms with Gasteiger partial charge in [-0.15, -0.1) is 0 Å². The van der Waals surface area contributed by atoms with Gasteiger partial charge in [0.1, 0.15) is 19.8 Å². The molecule has 0 aromatic heterocycles. The number of likely N-dealkylation sites (N-methyl/N-ethyl adjacent to an activating group) is 1. The Balaban J connectivity index is 4.39. The third-order valence-electron chi connectivity index (χ3n) is 9.01. The number of nitrogens with zero attached hydrogens (tertiary/aromatic N) is 1. The first-order valence-corrected chi connectivity index (χ1v) is 22.6. The summed E-state index contributed by atoms with van der Waals surface area (Å²) < 4.78 is 34.2. The number of carbonyl (C=O) groups excluding carboxylic acids is 2. The lowest BCUT2D eigenvalue weighted by molar-refractivity contribution is -0.870. The van der Waals surface area contributed by atoms with E-state index >= 15 is 0 Å². The van der Waals surface area contributed by atoms with Crippen LogP contribution in [-0.2, 0) is 32.7 Å². The van der Waals surface area contributed by atoms with Crippen molar-refractivity contribution in [2.75, 3.05) is 47.5 Å². The molecule has 306 valence electrons. The van der Waals surface area contributed by atoms with E-state index in [0.717, 1.165) is 51.4 Å². The van der Waals surface area contributed by atoms with Gasteiger partial charge in [0.25, 0.3) is 0 Å². The van der Waals surface area contributed by atoms with Gasteiger partial charge >= 0.3 is 19.8 Å². The number of quaternary nitrogens is 1. The molecule has 0 amide bonds. The Morgan fingerprint density at radius 3 is 1.54 bits per heavy atom. The highest BCUT2D eigenvalue weighted by atomic mass is 31.2. The average molecular weight is 759 g/mol. The van der Waals surface area contributed by atoms with Gasteiger partial charge in [0, 0.05) is 12.8 Å². The maximum Gasteiger partial charge on any atom is 0.472 e. The summed E-state index contributed by atoms with van der Waals surface area (Å²) in [4.78, 5) is 35.3. The van der Waals surface area contributed by atoms with Gasteiger partial charge in [-0.3, -0.25) is 18.6 Å². The minimum atomic E-state index is -4.37. The molecule has 2 atom stereocenters. The molecule has 0 aromatic rings. The topological polar surface area (TPSA) is 108 Å².